The zero-order valence-electron chi connectivity index (χ0n) is 11.2. The summed E-state index contributed by atoms with van der Waals surface area (Å²) in [7, 11) is 1.48. The Morgan fingerprint density at radius 3 is 2.48 bits per heavy atom. The van der Waals surface area contributed by atoms with Crippen molar-refractivity contribution in [3.05, 3.63) is 58.6 Å². The number of methoxy groups -OCH3 is 1. The number of alkyl halides is 3. The average Bonchev–Trinajstić information content (AvgIpc) is 2.45. The first-order valence-electron chi connectivity index (χ1n) is 6.15. The summed E-state index contributed by atoms with van der Waals surface area (Å²) in [6.45, 7) is 0.135. The van der Waals surface area contributed by atoms with Gasteiger partial charge in [0.05, 0.1) is 12.7 Å². The van der Waals surface area contributed by atoms with E-state index in [0.29, 0.717) is 16.3 Å². The predicted octanol–water partition coefficient (Wildman–Crippen LogP) is 4.98. The Kier molecular flexibility index (Phi) is 4.63. The highest BCUT2D eigenvalue weighted by Crippen LogP contribution is 2.35. The summed E-state index contributed by atoms with van der Waals surface area (Å²) < 4.78 is 43.9. The molecule has 6 heteroatoms. The van der Waals surface area contributed by atoms with Crippen LogP contribution in [-0.2, 0) is 12.7 Å². The normalized spacial score (nSPS) is 11.3. The number of hydrogen-bond donors (Lipinski definition) is 1. The molecule has 21 heavy (non-hydrogen) atoms. The van der Waals surface area contributed by atoms with Crippen LogP contribution >= 0.6 is 11.6 Å². The van der Waals surface area contributed by atoms with Gasteiger partial charge in [-0.3, -0.25) is 0 Å². The van der Waals surface area contributed by atoms with Gasteiger partial charge >= 0.3 is 6.18 Å². The Morgan fingerprint density at radius 2 is 1.81 bits per heavy atom. The van der Waals surface area contributed by atoms with Crippen LogP contribution in [0.25, 0.3) is 0 Å². The Hall–Kier alpha value is -1.88. The van der Waals surface area contributed by atoms with Gasteiger partial charge in [0.15, 0.2) is 0 Å². The SMILES string of the molecule is COc1cccc(Cl)c1CNc1ccccc1C(F)(F)F. The molecule has 2 rings (SSSR count). The number of halogens is 4. The van der Waals surface area contributed by atoms with Crippen LogP contribution in [0.4, 0.5) is 18.9 Å². The molecule has 0 saturated carbocycles. The first-order valence-corrected chi connectivity index (χ1v) is 6.52. The van der Waals surface area contributed by atoms with E-state index in [0.717, 1.165) is 6.07 Å². The lowest BCUT2D eigenvalue weighted by atomic mass is 10.1. The minimum atomic E-state index is -4.41. The maximum Gasteiger partial charge on any atom is 0.418 e. The highest BCUT2D eigenvalue weighted by molar-refractivity contribution is 6.31. The smallest absolute Gasteiger partial charge is 0.418 e. The third kappa shape index (κ3) is 3.61. The maximum atomic E-state index is 12.9. The minimum absolute atomic E-state index is 0.00646. The lowest BCUT2D eigenvalue weighted by Crippen LogP contribution is -2.11. The van der Waals surface area contributed by atoms with Crippen molar-refractivity contribution >= 4 is 17.3 Å². The largest absolute Gasteiger partial charge is 0.496 e. The van der Waals surface area contributed by atoms with Crippen molar-refractivity contribution < 1.29 is 17.9 Å². The van der Waals surface area contributed by atoms with Gasteiger partial charge in [-0.05, 0) is 24.3 Å². The van der Waals surface area contributed by atoms with Gasteiger partial charge in [0.2, 0.25) is 0 Å². The summed E-state index contributed by atoms with van der Waals surface area (Å²) in [6, 6.07) is 10.4. The van der Waals surface area contributed by atoms with E-state index in [-0.39, 0.29) is 12.2 Å². The molecule has 0 bridgehead atoms. The lowest BCUT2D eigenvalue weighted by Gasteiger charge is -2.16. The summed E-state index contributed by atoms with van der Waals surface area (Å²) in [5.74, 6) is 0.527. The zero-order chi connectivity index (χ0) is 15.5. The Balaban J connectivity index is 2.26. The molecule has 0 heterocycles. The average molecular weight is 316 g/mol. The number of para-hydroxylation sites is 1. The summed E-state index contributed by atoms with van der Waals surface area (Å²) in [6.07, 6.45) is -4.41. The molecule has 112 valence electrons. The van der Waals surface area contributed by atoms with Crippen molar-refractivity contribution in [1.29, 1.82) is 0 Å². The summed E-state index contributed by atoms with van der Waals surface area (Å²) in [5.41, 5.74) is -0.0957. The van der Waals surface area contributed by atoms with Gasteiger partial charge < -0.3 is 10.1 Å². The Bertz CT molecular complexity index is 629. The molecule has 0 spiro atoms. The summed E-state index contributed by atoms with van der Waals surface area (Å²) >= 11 is 6.06. The predicted molar refractivity (Wildman–Crippen MR) is 76.8 cm³/mol. The van der Waals surface area contributed by atoms with E-state index >= 15 is 0 Å². The van der Waals surface area contributed by atoms with Crippen molar-refractivity contribution in [3.63, 3.8) is 0 Å². The quantitative estimate of drug-likeness (QED) is 0.859. The van der Waals surface area contributed by atoms with Gasteiger partial charge in [-0.2, -0.15) is 13.2 Å². The van der Waals surface area contributed by atoms with E-state index in [9.17, 15) is 13.2 Å². The molecule has 0 saturated heterocycles. The maximum absolute atomic E-state index is 12.9. The van der Waals surface area contributed by atoms with Crippen molar-refractivity contribution in [2.45, 2.75) is 12.7 Å². The van der Waals surface area contributed by atoms with E-state index < -0.39 is 11.7 Å². The van der Waals surface area contributed by atoms with Crippen molar-refractivity contribution in [3.8, 4) is 5.75 Å². The Labute approximate surface area is 125 Å². The molecule has 2 aromatic carbocycles. The number of nitrogens with one attached hydrogen (secondary N) is 1. The molecule has 0 unspecified atom stereocenters. The van der Waals surface area contributed by atoms with Gasteiger partial charge in [-0.25, -0.2) is 0 Å². The van der Waals surface area contributed by atoms with Gasteiger partial charge in [0, 0.05) is 22.8 Å². The van der Waals surface area contributed by atoms with Crippen LogP contribution in [0.3, 0.4) is 0 Å². The van der Waals surface area contributed by atoms with Crippen molar-refractivity contribution in [2.75, 3.05) is 12.4 Å². The highest BCUT2D eigenvalue weighted by Gasteiger charge is 2.33. The molecule has 1 N–H and O–H groups in total. The van der Waals surface area contributed by atoms with E-state index in [2.05, 4.69) is 5.32 Å². The fraction of sp³-hybridized carbons (Fsp3) is 0.200. The first-order chi connectivity index (χ1) is 9.93. The molecule has 0 aromatic heterocycles. The Morgan fingerprint density at radius 1 is 1.10 bits per heavy atom. The number of rotatable bonds is 4. The van der Waals surface area contributed by atoms with Crippen LogP contribution in [0.15, 0.2) is 42.5 Å². The molecule has 0 fully saturated rings. The molecule has 0 amide bonds. The second-order valence-corrected chi connectivity index (χ2v) is 4.72. The van der Waals surface area contributed by atoms with Gasteiger partial charge in [0.1, 0.15) is 5.75 Å². The van der Waals surface area contributed by atoms with E-state index in [1.54, 1.807) is 24.3 Å². The van der Waals surface area contributed by atoms with Crippen LogP contribution in [-0.4, -0.2) is 7.11 Å². The second kappa shape index (κ2) is 6.26. The second-order valence-electron chi connectivity index (χ2n) is 4.32. The van der Waals surface area contributed by atoms with Crippen LogP contribution in [0.1, 0.15) is 11.1 Å². The van der Waals surface area contributed by atoms with Crippen molar-refractivity contribution in [2.24, 2.45) is 0 Å². The number of benzene rings is 2. The monoisotopic (exact) mass is 315 g/mol. The van der Waals surface area contributed by atoms with Gasteiger partial charge in [0.25, 0.3) is 0 Å². The molecule has 0 aliphatic rings. The topological polar surface area (TPSA) is 21.3 Å². The van der Waals surface area contributed by atoms with Crippen LogP contribution in [0, 0.1) is 0 Å². The van der Waals surface area contributed by atoms with E-state index in [1.807, 2.05) is 0 Å². The fourth-order valence-corrected chi connectivity index (χ4v) is 2.20. The number of ether oxygens (including phenoxy) is 1. The molecule has 0 atom stereocenters. The third-order valence-electron chi connectivity index (χ3n) is 2.98. The van der Waals surface area contributed by atoms with Crippen LogP contribution < -0.4 is 10.1 Å². The molecule has 0 aliphatic heterocycles. The van der Waals surface area contributed by atoms with Crippen molar-refractivity contribution in [1.82, 2.24) is 0 Å². The third-order valence-corrected chi connectivity index (χ3v) is 3.34. The molecular formula is C15H13ClF3NO. The van der Waals surface area contributed by atoms with E-state index in [4.69, 9.17) is 16.3 Å². The highest BCUT2D eigenvalue weighted by atomic mass is 35.5. The van der Waals surface area contributed by atoms with Gasteiger partial charge in [-0.15, -0.1) is 0 Å². The number of anilines is 1. The number of hydrogen-bond acceptors (Lipinski definition) is 2. The molecule has 2 aromatic rings. The molecule has 0 aliphatic carbocycles. The molecule has 0 radical (unpaired) electrons. The standard InChI is InChI=1S/C15H13ClF3NO/c1-21-14-8-4-6-12(16)10(14)9-20-13-7-3-2-5-11(13)15(17,18)19/h2-8,20H,9H2,1H3. The summed E-state index contributed by atoms with van der Waals surface area (Å²) in [5, 5.41) is 3.20. The molecule has 2 nitrogen and oxygen atoms in total. The zero-order valence-corrected chi connectivity index (χ0v) is 11.9. The lowest BCUT2D eigenvalue weighted by molar-refractivity contribution is -0.136. The minimum Gasteiger partial charge on any atom is -0.496 e. The van der Waals surface area contributed by atoms with Crippen LogP contribution in [0.5, 0.6) is 5.75 Å². The van der Waals surface area contributed by atoms with E-state index in [1.165, 1.54) is 19.2 Å². The fourth-order valence-electron chi connectivity index (χ4n) is 1.97. The van der Waals surface area contributed by atoms with Gasteiger partial charge in [-0.1, -0.05) is 29.8 Å². The molecular weight excluding hydrogens is 303 g/mol. The first kappa shape index (κ1) is 15.5. The summed E-state index contributed by atoms with van der Waals surface area (Å²) in [4.78, 5) is 0. The van der Waals surface area contributed by atoms with Crippen LogP contribution in [0.2, 0.25) is 5.02 Å².